The first-order valence-electron chi connectivity index (χ1n) is 4.02. The number of hydrogen-bond donors (Lipinski definition) is 1. The van der Waals surface area contributed by atoms with Crippen molar-refractivity contribution in [2.24, 2.45) is 5.14 Å². The van der Waals surface area contributed by atoms with Crippen molar-refractivity contribution in [3.63, 3.8) is 0 Å². The molecular formula is C7H17NO3S2. The van der Waals surface area contributed by atoms with Gasteiger partial charge in [0.05, 0.1) is 21.5 Å². The highest BCUT2D eigenvalue weighted by molar-refractivity contribution is 7.92. The van der Waals surface area contributed by atoms with Gasteiger partial charge < -0.3 is 0 Å². The molecule has 4 nitrogen and oxygen atoms in total. The Morgan fingerprint density at radius 1 is 1.31 bits per heavy atom. The average molecular weight is 227 g/mol. The van der Waals surface area contributed by atoms with E-state index in [1.165, 1.54) is 0 Å². The third-order valence-corrected chi connectivity index (χ3v) is 5.07. The van der Waals surface area contributed by atoms with Gasteiger partial charge in [-0.2, -0.15) is 0 Å². The van der Waals surface area contributed by atoms with E-state index in [-0.39, 0.29) is 11.5 Å². The van der Waals surface area contributed by atoms with Crippen LogP contribution in [0.1, 0.15) is 27.2 Å². The maximum absolute atomic E-state index is 11.5. The van der Waals surface area contributed by atoms with Gasteiger partial charge in [0.15, 0.2) is 9.84 Å². The standard InChI is InChI=1S/C7H17NO3S2/c1-7(2,3)13(10,11)6-4-5-12(8)9/h4-6,8H2,1-3H3. The fraction of sp³-hybridized carbons (Fsp3) is 1.00. The first-order chi connectivity index (χ1) is 5.67. The van der Waals surface area contributed by atoms with Gasteiger partial charge in [0.2, 0.25) is 0 Å². The second-order valence-corrected chi connectivity index (χ2v) is 7.90. The molecule has 0 aliphatic carbocycles. The lowest BCUT2D eigenvalue weighted by Crippen LogP contribution is -2.31. The molecule has 0 spiro atoms. The second-order valence-electron chi connectivity index (χ2n) is 3.87. The molecule has 0 heterocycles. The van der Waals surface area contributed by atoms with E-state index in [1.807, 2.05) is 0 Å². The zero-order valence-corrected chi connectivity index (χ0v) is 9.87. The molecule has 0 aromatic heterocycles. The predicted molar refractivity (Wildman–Crippen MR) is 55.4 cm³/mol. The molecule has 0 amide bonds. The van der Waals surface area contributed by atoms with E-state index in [1.54, 1.807) is 20.8 Å². The highest BCUT2D eigenvalue weighted by atomic mass is 32.2. The van der Waals surface area contributed by atoms with E-state index in [4.69, 9.17) is 5.14 Å². The van der Waals surface area contributed by atoms with Crippen LogP contribution in [0, 0.1) is 0 Å². The van der Waals surface area contributed by atoms with Crippen LogP contribution in [-0.4, -0.2) is 28.9 Å². The first kappa shape index (κ1) is 13.1. The normalized spacial score (nSPS) is 15.7. The van der Waals surface area contributed by atoms with Crippen LogP contribution >= 0.6 is 0 Å². The molecule has 0 aromatic carbocycles. The zero-order chi connectivity index (χ0) is 10.7. The minimum Gasteiger partial charge on any atom is -0.252 e. The second kappa shape index (κ2) is 4.52. The Labute approximate surface area is 82.4 Å². The molecule has 2 N–H and O–H groups in total. The van der Waals surface area contributed by atoms with Crippen LogP contribution in [-0.2, 0) is 20.8 Å². The van der Waals surface area contributed by atoms with Gasteiger partial charge in [-0.1, -0.05) is 0 Å². The van der Waals surface area contributed by atoms with Gasteiger partial charge in [0.1, 0.15) is 0 Å². The molecule has 13 heavy (non-hydrogen) atoms. The summed E-state index contributed by atoms with van der Waals surface area (Å²) in [6.07, 6.45) is 0.364. The molecule has 0 radical (unpaired) electrons. The Kier molecular flexibility index (Phi) is 4.54. The molecule has 6 heteroatoms. The SMILES string of the molecule is CC(C)(C)S(=O)(=O)CCCS(N)=O. The van der Waals surface area contributed by atoms with Crippen LogP contribution in [0.3, 0.4) is 0 Å². The van der Waals surface area contributed by atoms with Crippen molar-refractivity contribution < 1.29 is 12.6 Å². The summed E-state index contributed by atoms with van der Waals surface area (Å²) in [6, 6.07) is 0. The van der Waals surface area contributed by atoms with Crippen molar-refractivity contribution in [3.8, 4) is 0 Å². The van der Waals surface area contributed by atoms with E-state index >= 15 is 0 Å². The zero-order valence-electron chi connectivity index (χ0n) is 8.24. The summed E-state index contributed by atoms with van der Waals surface area (Å²) in [5.74, 6) is 0.300. The van der Waals surface area contributed by atoms with Crippen molar-refractivity contribution in [1.29, 1.82) is 0 Å². The van der Waals surface area contributed by atoms with Gasteiger partial charge in [-0.25, -0.2) is 12.6 Å². The Bertz CT molecular complexity index is 277. The largest absolute Gasteiger partial charge is 0.252 e. The van der Waals surface area contributed by atoms with E-state index in [9.17, 15) is 12.6 Å². The quantitative estimate of drug-likeness (QED) is 0.746. The molecule has 0 rings (SSSR count). The molecule has 0 aliphatic heterocycles. The highest BCUT2D eigenvalue weighted by Gasteiger charge is 2.28. The van der Waals surface area contributed by atoms with Crippen LogP contribution in [0.15, 0.2) is 0 Å². The fourth-order valence-corrected chi connectivity index (χ4v) is 2.45. The Balaban J connectivity index is 4.15. The summed E-state index contributed by atoms with van der Waals surface area (Å²) < 4.78 is 32.7. The van der Waals surface area contributed by atoms with E-state index in [2.05, 4.69) is 0 Å². The molecule has 0 saturated heterocycles. The minimum absolute atomic E-state index is 0.0550. The Morgan fingerprint density at radius 3 is 2.08 bits per heavy atom. The topological polar surface area (TPSA) is 77.2 Å². The van der Waals surface area contributed by atoms with Gasteiger partial charge >= 0.3 is 0 Å². The van der Waals surface area contributed by atoms with Crippen molar-refractivity contribution in [1.82, 2.24) is 0 Å². The minimum atomic E-state index is -3.08. The molecule has 0 aliphatic rings. The number of sulfone groups is 1. The van der Waals surface area contributed by atoms with Crippen molar-refractivity contribution in [2.45, 2.75) is 31.9 Å². The number of nitrogens with two attached hydrogens (primary N) is 1. The summed E-state index contributed by atoms with van der Waals surface area (Å²) >= 11 is 0. The van der Waals surface area contributed by atoms with Crippen molar-refractivity contribution in [2.75, 3.05) is 11.5 Å². The highest BCUT2D eigenvalue weighted by Crippen LogP contribution is 2.16. The van der Waals surface area contributed by atoms with Crippen LogP contribution in [0.4, 0.5) is 0 Å². The maximum Gasteiger partial charge on any atom is 0.155 e. The van der Waals surface area contributed by atoms with Crippen LogP contribution in [0.5, 0.6) is 0 Å². The summed E-state index contributed by atoms with van der Waals surface area (Å²) in [4.78, 5) is 0. The van der Waals surface area contributed by atoms with E-state index < -0.39 is 25.6 Å². The summed E-state index contributed by atoms with van der Waals surface area (Å²) in [5, 5.41) is 5.01. The molecule has 0 bridgehead atoms. The fourth-order valence-electron chi connectivity index (χ4n) is 0.697. The lowest BCUT2D eigenvalue weighted by molar-refractivity contribution is 0.559. The van der Waals surface area contributed by atoms with Gasteiger partial charge in [-0.3, -0.25) is 5.14 Å². The summed E-state index contributed by atoms with van der Waals surface area (Å²) in [5.41, 5.74) is 0. The Hall–Kier alpha value is 0.0600. The molecule has 0 aromatic rings. The van der Waals surface area contributed by atoms with E-state index in [0.29, 0.717) is 6.42 Å². The molecule has 0 saturated carbocycles. The van der Waals surface area contributed by atoms with Gasteiger partial charge in [0, 0.05) is 5.75 Å². The molecule has 0 fully saturated rings. The first-order valence-corrected chi connectivity index (χ1v) is 7.05. The smallest absolute Gasteiger partial charge is 0.155 e. The summed E-state index contributed by atoms with van der Waals surface area (Å²) in [7, 11) is -4.47. The van der Waals surface area contributed by atoms with Gasteiger partial charge in [-0.15, -0.1) is 0 Å². The van der Waals surface area contributed by atoms with Gasteiger partial charge in [-0.05, 0) is 27.2 Å². The molecular weight excluding hydrogens is 210 g/mol. The lowest BCUT2D eigenvalue weighted by atomic mass is 10.3. The predicted octanol–water partition coefficient (Wildman–Crippen LogP) is 0.212. The van der Waals surface area contributed by atoms with E-state index in [0.717, 1.165) is 0 Å². The van der Waals surface area contributed by atoms with Gasteiger partial charge in [0.25, 0.3) is 0 Å². The average Bonchev–Trinajstić information content (AvgIpc) is 1.82. The van der Waals surface area contributed by atoms with Crippen LogP contribution in [0.2, 0.25) is 0 Å². The van der Waals surface area contributed by atoms with Crippen molar-refractivity contribution in [3.05, 3.63) is 0 Å². The number of hydrogen-bond acceptors (Lipinski definition) is 3. The monoisotopic (exact) mass is 227 g/mol. The molecule has 1 atom stereocenters. The molecule has 80 valence electrons. The van der Waals surface area contributed by atoms with Crippen molar-refractivity contribution >= 4 is 20.8 Å². The lowest BCUT2D eigenvalue weighted by Gasteiger charge is -2.18. The maximum atomic E-state index is 11.5. The third-order valence-electron chi connectivity index (χ3n) is 1.69. The summed E-state index contributed by atoms with van der Waals surface area (Å²) in [6.45, 7) is 4.96. The van der Waals surface area contributed by atoms with Crippen LogP contribution in [0.25, 0.3) is 0 Å². The third kappa shape index (κ3) is 4.73. The molecule has 1 unspecified atom stereocenters. The van der Waals surface area contributed by atoms with Crippen LogP contribution < -0.4 is 5.14 Å². The number of rotatable bonds is 4. The Morgan fingerprint density at radius 2 is 1.77 bits per heavy atom.